The van der Waals surface area contributed by atoms with E-state index < -0.39 is 16.1 Å². The number of hydrogen-bond donors (Lipinski definition) is 1. The second-order valence-electron chi connectivity index (χ2n) is 6.74. The lowest BCUT2D eigenvalue weighted by atomic mass is 9.96. The third-order valence-electron chi connectivity index (χ3n) is 4.83. The fourth-order valence-corrected chi connectivity index (χ4v) is 3.49. The predicted octanol–water partition coefficient (Wildman–Crippen LogP) is 0.964. The van der Waals surface area contributed by atoms with Gasteiger partial charge in [-0.05, 0) is 43.5 Å². The molecule has 0 saturated carbocycles. The molecular formula is C18H27N3O5S. The Bertz CT molecular complexity index is 771. The largest absolute Gasteiger partial charge is 0.481 e. The van der Waals surface area contributed by atoms with Gasteiger partial charge in [0.1, 0.15) is 5.75 Å². The van der Waals surface area contributed by atoms with E-state index in [-0.39, 0.29) is 17.7 Å². The summed E-state index contributed by atoms with van der Waals surface area (Å²) < 4.78 is 30.2. The number of carbonyl (C=O) groups is 2. The number of hydrogen-bond acceptors (Lipinski definition) is 5. The minimum Gasteiger partial charge on any atom is -0.481 e. The molecule has 1 aliphatic heterocycles. The van der Waals surface area contributed by atoms with Crippen LogP contribution in [0, 0.1) is 5.92 Å². The van der Waals surface area contributed by atoms with Crippen molar-refractivity contribution in [3.05, 3.63) is 24.3 Å². The fraction of sp³-hybridized carbons (Fsp3) is 0.556. The topological polar surface area (TPSA) is 110 Å². The van der Waals surface area contributed by atoms with Crippen molar-refractivity contribution in [2.24, 2.45) is 11.7 Å². The molecule has 1 atom stereocenters. The van der Waals surface area contributed by atoms with Gasteiger partial charge in [-0.3, -0.25) is 13.9 Å². The van der Waals surface area contributed by atoms with Gasteiger partial charge < -0.3 is 15.4 Å². The highest BCUT2D eigenvalue weighted by Crippen LogP contribution is 2.23. The number of piperidine rings is 1. The summed E-state index contributed by atoms with van der Waals surface area (Å²) >= 11 is 0. The van der Waals surface area contributed by atoms with Crippen molar-refractivity contribution in [2.45, 2.75) is 32.3 Å². The zero-order valence-electron chi connectivity index (χ0n) is 15.9. The van der Waals surface area contributed by atoms with Crippen molar-refractivity contribution in [3.63, 3.8) is 0 Å². The van der Waals surface area contributed by atoms with E-state index in [1.807, 2.05) is 6.92 Å². The maximum absolute atomic E-state index is 12.7. The first-order valence-electron chi connectivity index (χ1n) is 8.92. The molecule has 0 aliphatic carbocycles. The van der Waals surface area contributed by atoms with Crippen LogP contribution in [0.3, 0.4) is 0 Å². The van der Waals surface area contributed by atoms with Crippen molar-refractivity contribution >= 4 is 27.5 Å². The number of carbonyl (C=O) groups excluding carboxylic acids is 2. The second-order valence-corrected chi connectivity index (χ2v) is 8.75. The van der Waals surface area contributed by atoms with Gasteiger partial charge in [-0.2, -0.15) is 0 Å². The molecule has 0 spiro atoms. The first kappa shape index (κ1) is 21.0. The summed E-state index contributed by atoms with van der Waals surface area (Å²) in [6, 6.07) is 6.55. The van der Waals surface area contributed by atoms with Crippen molar-refractivity contribution in [2.75, 3.05) is 30.7 Å². The van der Waals surface area contributed by atoms with Crippen LogP contribution >= 0.6 is 0 Å². The fourth-order valence-electron chi connectivity index (χ4n) is 2.99. The van der Waals surface area contributed by atoms with Gasteiger partial charge in [-0.15, -0.1) is 0 Å². The molecule has 1 aliphatic rings. The number of nitrogens with two attached hydrogens (primary N) is 1. The van der Waals surface area contributed by atoms with Crippen molar-refractivity contribution in [1.82, 2.24) is 4.90 Å². The first-order chi connectivity index (χ1) is 12.6. The van der Waals surface area contributed by atoms with Gasteiger partial charge in [0.25, 0.3) is 5.91 Å². The van der Waals surface area contributed by atoms with Crippen LogP contribution in [0.2, 0.25) is 0 Å². The Kier molecular flexibility index (Phi) is 6.69. The van der Waals surface area contributed by atoms with Gasteiger partial charge >= 0.3 is 0 Å². The molecule has 0 unspecified atom stereocenters. The smallest absolute Gasteiger partial charge is 0.263 e. The highest BCUT2D eigenvalue weighted by molar-refractivity contribution is 7.92. The maximum Gasteiger partial charge on any atom is 0.263 e. The zero-order chi connectivity index (χ0) is 20.2. The standard InChI is InChI=1S/C18H27N3O5S/c1-4-16(18(23)21-11-9-13(10-12-21)17(19)22)26-15-7-5-14(6-8-15)20(2)27(3,24)25/h5-8,13,16H,4,9-12H2,1-3H3,(H2,19,22)/t16-/m0/s1. The average Bonchev–Trinajstić information content (AvgIpc) is 2.64. The zero-order valence-corrected chi connectivity index (χ0v) is 16.7. The molecule has 1 heterocycles. The van der Waals surface area contributed by atoms with Gasteiger partial charge in [0.05, 0.1) is 11.9 Å². The van der Waals surface area contributed by atoms with Crippen LogP contribution in [0.25, 0.3) is 0 Å². The van der Waals surface area contributed by atoms with E-state index in [0.29, 0.717) is 43.8 Å². The first-order valence-corrected chi connectivity index (χ1v) is 10.8. The highest BCUT2D eigenvalue weighted by atomic mass is 32.2. The number of anilines is 1. The third-order valence-corrected chi connectivity index (χ3v) is 6.04. The van der Waals surface area contributed by atoms with Crippen LogP contribution in [-0.4, -0.2) is 57.6 Å². The van der Waals surface area contributed by atoms with Crippen LogP contribution in [-0.2, 0) is 19.6 Å². The number of benzene rings is 1. The Hall–Kier alpha value is -2.29. The number of rotatable bonds is 7. The summed E-state index contributed by atoms with van der Waals surface area (Å²) in [7, 11) is -1.86. The van der Waals surface area contributed by atoms with Crippen LogP contribution in [0.4, 0.5) is 5.69 Å². The summed E-state index contributed by atoms with van der Waals surface area (Å²) in [5, 5.41) is 0. The average molecular weight is 397 g/mol. The molecule has 27 heavy (non-hydrogen) atoms. The van der Waals surface area contributed by atoms with Gasteiger partial charge in [-0.25, -0.2) is 8.42 Å². The second kappa shape index (κ2) is 8.60. The van der Waals surface area contributed by atoms with Crippen molar-refractivity contribution in [3.8, 4) is 5.75 Å². The summed E-state index contributed by atoms with van der Waals surface area (Å²) in [5.74, 6) is -0.107. The molecule has 1 aromatic rings. The summed E-state index contributed by atoms with van der Waals surface area (Å²) in [6.45, 7) is 2.85. The highest BCUT2D eigenvalue weighted by Gasteiger charge is 2.30. The SMILES string of the molecule is CC[C@H](Oc1ccc(N(C)S(C)(=O)=O)cc1)C(=O)N1CCC(C(N)=O)CC1. The Morgan fingerprint density at radius 3 is 2.26 bits per heavy atom. The normalized spacial score (nSPS) is 16.6. The molecule has 2 rings (SSSR count). The van der Waals surface area contributed by atoms with E-state index in [1.54, 1.807) is 29.2 Å². The van der Waals surface area contributed by atoms with Crippen LogP contribution < -0.4 is 14.8 Å². The van der Waals surface area contributed by atoms with E-state index in [0.717, 1.165) is 6.26 Å². The van der Waals surface area contributed by atoms with Gasteiger partial charge in [0.2, 0.25) is 15.9 Å². The predicted molar refractivity (Wildman–Crippen MR) is 103 cm³/mol. The minimum absolute atomic E-state index is 0.113. The van der Waals surface area contributed by atoms with Crippen molar-refractivity contribution in [1.29, 1.82) is 0 Å². The number of sulfonamides is 1. The van der Waals surface area contributed by atoms with Gasteiger partial charge in [0.15, 0.2) is 6.10 Å². The van der Waals surface area contributed by atoms with E-state index in [4.69, 9.17) is 10.5 Å². The molecule has 1 saturated heterocycles. The molecule has 9 heteroatoms. The molecular weight excluding hydrogens is 370 g/mol. The number of nitrogens with zero attached hydrogens (tertiary/aromatic N) is 2. The van der Waals surface area contributed by atoms with Crippen LogP contribution in [0.1, 0.15) is 26.2 Å². The van der Waals surface area contributed by atoms with Crippen LogP contribution in [0.5, 0.6) is 5.75 Å². The molecule has 2 N–H and O–H groups in total. The molecule has 2 amide bonds. The maximum atomic E-state index is 12.7. The Morgan fingerprint density at radius 1 is 1.26 bits per heavy atom. The summed E-state index contributed by atoms with van der Waals surface area (Å²) in [5.41, 5.74) is 5.84. The van der Waals surface area contributed by atoms with Crippen LogP contribution in [0.15, 0.2) is 24.3 Å². The quantitative estimate of drug-likeness (QED) is 0.737. The van der Waals surface area contributed by atoms with E-state index in [1.165, 1.54) is 11.4 Å². The number of ether oxygens (including phenoxy) is 1. The van der Waals surface area contributed by atoms with Gasteiger partial charge in [0, 0.05) is 26.1 Å². The number of primary amides is 1. The molecule has 1 fully saturated rings. The molecule has 8 nitrogen and oxygen atoms in total. The van der Waals surface area contributed by atoms with Gasteiger partial charge in [-0.1, -0.05) is 6.92 Å². The Labute approximate surface area is 160 Å². The lowest BCUT2D eigenvalue weighted by molar-refractivity contribution is -0.141. The number of amides is 2. The molecule has 1 aromatic carbocycles. The molecule has 150 valence electrons. The van der Waals surface area contributed by atoms with Crippen molar-refractivity contribution < 1.29 is 22.7 Å². The van der Waals surface area contributed by atoms with E-state index in [9.17, 15) is 18.0 Å². The molecule has 0 radical (unpaired) electrons. The Balaban J connectivity index is 2.00. The molecule has 0 bridgehead atoms. The molecule has 0 aromatic heterocycles. The third kappa shape index (κ3) is 5.35. The Morgan fingerprint density at radius 2 is 1.81 bits per heavy atom. The minimum atomic E-state index is -3.34. The lowest BCUT2D eigenvalue weighted by Crippen LogP contribution is -2.47. The summed E-state index contributed by atoms with van der Waals surface area (Å²) in [6.07, 6.45) is 2.15. The monoisotopic (exact) mass is 397 g/mol. The summed E-state index contributed by atoms with van der Waals surface area (Å²) in [4.78, 5) is 25.7. The lowest BCUT2D eigenvalue weighted by Gasteiger charge is -2.33. The van der Waals surface area contributed by atoms with E-state index in [2.05, 4.69) is 0 Å². The number of likely N-dealkylation sites (tertiary alicyclic amines) is 1. The van der Waals surface area contributed by atoms with E-state index >= 15 is 0 Å².